The lowest BCUT2D eigenvalue weighted by molar-refractivity contribution is -0.384. The van der Waals surface area contributed by atoms with Crippen LogP contribution in [0.5, 0.6) is 0 Å². The van der Waals surface area contributed by atoms with Crippen molar-refractivity contribution in [3.63, 3.8) is 0 Å². The van der Waals surface area contributed by atoms with Crippen molar-refractivity contribution >= 4 is 49.6 Å². The normalized spacial score (nSPS) is 11.6. The van der Waals surface area contributed by atoms with E-state index in [1.807, 2.05) is 72.8 Å². The number of nitrogens with zero attached hydrogens (tertiary/aromatic N) is 4. The fourth-order valence-corrected chi connectivity index (χ4v) is 5.76. The maximum Gasteiger partial charge on any atom is 0.277 e. The molecule has 0 aliphatic carbocycles. The number of furan rings is 1. The molecule has 0 atom stereocenters. The summed E-state index contributed by atoms with van der Waals surface area (Å²) in [6, 6.07) is 38.7. The Hall–Kier alpha value is -5.82. The maximum absolute atomic E-state index is 11.9. The number of hydrogen-bond acceptors (Lipinski definition) is 5. The van der Waals surface area contributed by atoms with Gasteiger partial charge in [0, 0.05) is 33.4 Å². The molecule has 8 rings (SSSR count). The Balaban J connectivity index is 1.50. The first-order valence-corrected chi connectivity index (χ1v) is 13.2. The summed E-state index contributed by atoms with van der Waals surface area (Å²) >= 11 is 0. The molecule has 0 aliphatic heterocycles. The molecule has 3 aromatic heterocycles. The Morgan fingerprint density at radius 3 is 1.95 bits per heavy atom. The molecule has 0 unspecified atom stereocenters. The summed E-state index contributed by atoms with van der Waals surface area (Å²) in [4.78, 5) is 21.7. The second-order valence-electron chi connectivity index (χ2n) is 9.84. The summed E-state index contributed by atoms with van der Waals surface area (Å²) in [5.74, 6) is 0.521. The van der Waals surface area contributed by atoms with E-state index in [0.29, 0.717) is 39.5 Å². The lowest BCUT2D eigenvalue weighted by atomic mass is 10.0. The molecule has 0 radical (unpaired) electrons. The van der Waals surface area contributed by atoms with Crippen LogP contribution in [0.4, 0.5) is 5.69 Å². The first kappa shape index (κ1) is 23.1. The van der Waals surface area contributed by atoms with Crippen LogP contribution in [-0.4, -0.2) is 19.5 Å². The molecule has 5 aromatic carbocycles. The maximum atomic E-state index is 11.9. The van der Waals surface area contributed by atoms with Gasteiger partial charge in [-0.2, -0.15) is 0 Å². The zero-order valence-corrected chi connectivity index (χ0v) is 21.6. The lowest BCUT2D eigenvalue weighted by Crippen LogP contribution is -2.02. The number of aromatic nitrogens is 3. The molecule has 194 valence electrons. The summed E-state index contributed by atoms with van der Waals surface area (Å²) < 4.78 is 8.63. The van der Waals surface area contributed by atoms with Crippen molar-refractivity contribution < 1.29 is 9.34 Å². The van der Waals surface area contributed by atoms with Crippen molar-refractivity contribution in [1.29, 1.82) is 0 Å². The molecular weight excluding hydrogens is 512 g/mol. The summed E-state index contributed by atoms with van der Waals surface area (Å²) in [7, 11) is 0. The minimum absolute atomic E-state index is 0.0146. The molecule has 0 saturated carbocycles. The largest absolute Gasteiger partial charge is 0.451 e. The number of nitro groups is 1. The fraction of sp³-hybridized carbons (Fsp3) is 0. The third-order valence-electron chi connectivity index (χ3n) is 7.55. The molecule has 0 aliphatic rings. The van der Waals surface area contributed by atoms with Gasteiger partial charge in [-0.05, 0) is 24.3 Å². The molecule has 7 heteroatoms. The molecule has 0 amide bonds. The van der Waals surface area contributed by atoms with Gasteiger partial charge in [0.2, 0.25) is 5.95 Å². The van der Waals surface area contributed by atoms with Gasteiger partial charge in [-0.15, -0.1) is 0 Å². The molecule has 0 spiro atoms. The van der Waals surface area contributed by atoms with Crippen molar-refractivity contribution in [2.75, 3.05) is 0 Å². The molecule has 41 heavy (non-hydrogen) atoms. The molecule has 8 aromatic rings. The molecular formula is C34H20N4O3. The number of nitro benzene ring substituents is 1. The summed E-state index contributed by atoms with van der Waals surface area (Å²) in [5, 5.41) is 14.9. The van der Waals surface area contributed by atoms with Gasteiger partial charge in [0.1, 0.15) is 16.8 Å². The summed E-state index contributed by atoms with van der Waals surface area (Å²) in [6.07, 6.45) is 0. The van der Waals surface area contributed by atoms with E-state index in [-0.39, 0.29) is 10.6 Å². The van der Waals surface area contributed by atoms with E-state index in [9.17, 15) is 10.1 Å². The van der Waals surface area contributed by atoms with E-state index in [1.54, 1.807) is 18.2 Å². The number of hydrogen-bond donors (Lipinski definition) is 0. The molecule has 0 fully saturated rings. The smallest absolute Gasteiger partial charge is 0.277 e. The van der Waals surface area contributed by atoms with Crippen LogP contribution in [0, 0.1) is 10.1 Å². The average molecular weight is 533 g/mol. The van der Waals surface area contributed by atoms with Crippen LogP contribution in [0.15, 0.2) is 126 Å². The molecule has 0 saturated heterocycles. The van der Waals surface area contributed by atoms with E-state index in [2.05, 4.69) is 28.8 Å². The number of para-hydroxylation sites is 4. The van der Waals surface area contributed by atoms with E-state index in [0.717, 1.165) is 32.8 Å². The summed E-state index contributed by atoms with van der Waals surface area (Å²) in [5.41, 5.74) is 6.37. The second-order valence-corrected chi connectivity index (χ2v) is 9.84. The number of benzene rings is 5. The van der Waals surface area contributed by atoms with Gasteiger partial charge in [0.05, 0.1) is 21.5 Å². The van der Waals surface area contributed by atoms with Gasteiger partial charge >= 0.3 is 0 Å². The Kier molecular flexibility index (Phi) is 4.99. The SMILES string of the molecule is O=[N+]([O-])c1ccccc1-c1cccc2c1oc1c(-c3ccccc3)nc(-n3c4ccccc4c4ccccc43)nc12. The Labute approximate surface area is 233 Å². The van der Waals surface area contributed by atoms with Gasteiger partial charge < -0.3 is 4.42 Å². The number of rotatable bonds is 4. The standard InChI is InChI=1S/C34H20N4O3/c39-38(40)29-20-9-6-15-24(29)25-16-10-17-26-31-33(41-32(25)26)30(21-11-2-1-3-12-21)35-34(36-31)37-27-18-7-4-13-22(27)23-14-5-8-19-28(23)37/h1-20H. The van der Waals surface area contributed by atoms with Gasteiger partial charge in [0.15, 0.2) is 5.58 Å². The molecule has 0 N–H and O–H groups in total. The van der Waals surface area contributed by atoms with Gasteiger partial charge in [-0.1, -0.05) is 91.0 Å². The third kappa shape index (κ3) is 3.46. The highest BCUT2D eigenvalue weighted by molar-refractivity contribution is 6.12. The van der Waals surface area contributed by atoms with E-state index < -0.39 is 0 Å². The highest BCUT2D eigenvalue weighted by Gasteiger charge is 2.24. The molecule has 3 heterocycles. The fourth-order valence-electron chi connectivity index (χ4n) is 5.76. The van der Waals surface area contributed by atoms with Crippen LogP contribution in [0.1, 0.15) is 0 Å². The van der Waals surface area contributed by atoms with Crippen LogP contribution in [0.25, 0.3) is 72.2 Å². The van der Waals surface area contributed by atoms with Crippen molar-refractivity contribution in [3.05, 3.63) is 131 Å². The number of fused-ring (bicyclic) bond motifs is 6. The zero-order valence-electron chi connectivity index (χ0n) is 21.6. The third-order valence-corrected chi connectivity index (χ3v) is 7.55. The zero-order chi connectivity index (χ0) is 27.5. The highest BCUT2D eigenvalue weighted by Crippen LogP contribution is 2.41. The Morgan fingerprint density at radius 2 is 1.22 bits per heavy atom. The van der Waals surface area contributed by atoms with Crippen LogP contribution < -0.4 is 0 Å². The van der Waals surface area contributed by atoms with Gasteiger partial charge in [-0.25, -0.2) is 9.97 Å². The predicted octanol–water partition coefficient (Wildman–Crippen LogP) is 8.72. The van der Waals surface area contributed by atoms with Gasteiger partial charge in [0.25, 0.3) is 5.69 Å². The topological polar surface area (TPSA) is 87.0 Å². The van der Waals surface area contributed by atoms with Gasteiger partial charge in [-0.3, -0.25) is 14.7 Å². The monoisotopic (exact) mass is 532 g/mol. The van der Waals surface area contributed by atoms with Crippen LogP contribution in [0.3, 0.4) is 0 Å². The Morgan fingerprint density at radius 1 is 0.610 bits per heavy atom. The molecule has 7 nitrogen and oxygen atoms in total. The Bertz CT molecular complexity index is 2250. The minimum atomic E-state index is -0.369. The quantitative estimate of drug-likeness (QED) is 0.167. The molecule has 0 bridgehead atoms. The van der Waals surface area contributed by atoms with Crippen molar-refractivity contribution in [2.45, 2.75) is 0 Å². The lowest BCUT2D eigenvalue weighted by Gasteiger charge is -2.09. The van der Waals surface area contributed by atoms with Crippen LogP contribution >= 0.6 is 0 Å². The van der Waals surface area contributed by atoms with E-state index in [4.69, 9.17) is 14.4 Å². The second kappa shape index (κ2) is 8.86. The highest BCUT2D eigenvalue weighted by atomic mass is 16.6. The minimum Gasteiger partial charge on any atom is -0.451 e. The van der Waals surface area contributed by atoms with Crippen molar-refractivity contribution in [2.24, 2.45) is 0 Å². The van der Waals surface area contributed by atoms with Crippen LogP contribution in [-0.2, 0) is 0 Å². The predicted molar refractivity (Wildman–Crippen MR) is 161 cm³/mol. The average Bonchev–Trinajstić information content (AvgIpc) is 3.57. The summed E-state index contributed by atoms with van der Waals surface area (Å²) in [6.45, 7) is 0. The van der Waals surface area contributed by atoms with Crippen molar-refractivity contribution in [1.82, 2.24) is 14.5 Å². The van der Waals surface area contributed by atoms with Crippen molar-refractivity contribution in [3.8, 4) is 28.3 Å². The first-order valence-electron chi connectivity index (χ1n) is 13.2. The van der Waals surface area contributed by atoms with Crippen LogP contribution in [0.2, 0.25) is 0 Å². The van der Waals surface area contributed by atoms with E-state index >= 15 is 0 Å². The first-order chi connectivity index (χ1) is 20.2. The van der Waals surface area contributed by atoms with E-state index in [1.165, 1.54) is 6.07 Å².